The Morgan fingerprint density at radius 1 is 1.28 bits per heavy atom. The smallest absolute Gasteiger partial charge is 0.0488 e. The van der Waals surface area contributed by atoms with Crippen molar-refractivity contribution in [3.8, 4) is 0 Å². The molecule has 3 rings (SSSR count). The molecular weight excluding hydrogens is 240 g/mol. The van der Waals surface area contributed by atoms with Crippen molar-refractivity contribution in [3.63, 3.8) is 0 Å². The molecule has 0 saturated heterocycles. The van der Waals surface area contributed by atoms with Gasteiger partial charge < -0.3 is 0 Å². The van der Waals surface area contributed by atoms with E-state index >= 15 is 0 Å². The maximum atomic E-state index is 5.87. The van der Waals surface area contributed by atoms with E-state index in [1.54, 1.807) is 16.0 Å². The van der Waals surface area contributed by atoms with Gasteiger partial charge in [0.2, 0.25) is 0 Å². The molecule has 3 N–H and O–H groups in total. The molecule has 2 aliphatic rings. The number of rotatable bonds is 3. The second-order valence-electron chi connectivity index (χ2n) is 5.47. The number of nitrogens with two attached hydrogens (primary N) is 1. The molecule has 1 aromatic rings. The van der Waals surface area contributed by atoms with Crippen molar-refractivity contribution in [2.75, 3.05) is 0 Å². The molecule has 2 aliphatic carbocycles. The van der Waals surface area contributed by atoms with Gasteiger partial charge in [0.25, 0.3) is 0 Å². The highest BCUT2D eigenvalue weighted by Crippen LogP contribution is 2.40. The summed E-state index contributed by atoms with van der Waals surface area (Å²) in [7, 11) is 0. The van der Waals surface area contributed by atoms with Crippen molar-refractivity contribution in [2.24, 2.45) is 5.84 Å². The number of hydrazine groups is 1. The van der Waals surface area contributed by atoms with Crippen LogP contribution in [0.4, 0.5) is 0 Å². The minimum Gasteiger partial charge on any atom is -0.271 e. The van der Waals surface area contributed by atoms with Gasteiger partial charge in [-0.3, -0.25) is 11.3 Å². The Labute approximate surface area is 113 Å². The number of nitrogens with one attached hydrogen (secondary N) is 1. The van der Waals surface area contributed by atoms with Crippen LogP contribution < -0.4 is 11.3 Å². The third-order valence-electron chi connectivity index (χ3n) is 4.41. The van der Waals surface area contributed by atoms with Gasteiger partial charge in [-0.1, -0.05) is 11.6 Å². The summed E-state index contributed by atoms with van der Waals surface area (Å²) in [5, 5.41) is 2.24. The van der Waals surface area contributed by atoms with E-state index in [1.807, 2.05) is 11.3 Å². The summed E-state index contributed by atoms with van der Waals surface area (Å²) < 4.78 is 0. The standard InChI is InChI=1S/C15H22N2S/c16-17-15(11-5-2-1-3-6-11)13-7-4-8-14-12(13)9-10-18-14/h5,9-10,13,15,17H,1-4,6-8,16H2. The van der Waals surface area contributed by atoms with Crippen LogP contribution in [0.3, 0.4) is 0 Å². The van der Waals surface area contributed by atoms with E-state index < -0.39 is 0 Å². The summed E-state index contributed by atoms with van der Waals surface area (Å²) in [5.41, 5.74) is 6.21. The summed E-state index contributed by atoms with van der Waals surface area (Å²) in [6.07, 6.45) is 11.4. The number of hydrogen-bond acceptors (Lipinski definition) is 3. The maximum Gasteiger partial charge on any atom is 0.0488 e. The molecule has 2 nitrogen and oxygen atoms in total. The van der Waals surface area contributed by atoms with Crippen LogP contribution in [-0.2, 0) is 6.42 Å². The summed E-state index contributed by atoms with van der Waals surface area (Å²) in [6.45, 7) is 0. The van der Waals surface area contributed by atoms with E-state index in [0.717, 1.165) is 0 Å². The van der Waals surface area contributed by atoms with Gasteiger partial charge in [-0.25, -0.2) is 0 Å². The summed E-state index contributed by atoms with van der Waals surface area (Å²) in [4.78, 5) is 1.59. The molecule has 2 atom stereocenters. The number of aryl methyl sites for hydroxylation is 1. The largest absolute Gasteiger partial charge is 0.271 e. The predicted octanol–water partition coefficient (Wildman–Crippen LogP) is 3.50. The van der Waals surface area contributed by atoms with E-state index in [-0.39, 0.29) is 0 Å². The molecule has 0 aliphatic heterocycles. The zero-order valence-electron chi connectivity index (χ0n) is 10.8. The quantitative estimate of drug-likeness (QED) is 0.497. The van der Waals surface area contributed by atoms with E-state index in [9.17, 15) is 0 Å². The van der Waals surface area contributed by atoms with Gasteiger partial charge >= 0.3 is 0 Å². The number of hydrogen-bond donors (Lipinski definition) is 2. The lowest BCUT2D eigenvalue weighted by molar-refractivity contribution is 0.423. The van der Waals surface area contributed by atoms with E-state index in [4.69, 9.17) is 5.84 Å². The summed E-state index contributed by atoms with van der Waals surface area (Å²) in [6, 6.07) is 2.68. The van der Waals surface area contributed by atoms with Crippen LogP contribution in [0, 0.1) is 0 Å². The fourth-order valence-corrected chi connectivity index (χ4v) is 4.49. The molecule has 2 unspecified atom stereocenters. The number of fused-ring (bicyclic) bond motifs is 1. The molecule has 0 spiro atoms. The zero-order valence-corrected chi connectivity index (χ0v) is 11.6. The molecular formula is C15H22N2S. The molecule has 0 aromatic carbocycles. The minimum absolute atomic E-state index is 0.360. The molecule has 0 fully saturated rings. The van der Waals surface area contributed by atoms with Crippen LogP contribution in [0.1, 0.15) is 54.9 Å². The molecule has 3 heteroatoms. The van der Waals surface area contributed by atoms with Crippen molar-refractivity contribution < 1.29 is 0 Å². The van der Waals surface area contributed by atoms with Crippen molar-refractivity contribution in [3.05, 3.63) is 33.5 Å². The first-order valence-corrected chi connectivity index (χ1v) is 7.99. The van der Waals surface area contributed by atoms with Crippen LogP contribution in [0.25, 0.3) is 0 Å². The predicted molar refractivity (Wildman–Crippen MR) is 77.7 cm³/mol. The molecule has 1 aromatic heterocycles. The van der Waals surface area contributed by atoms with Crippen LogP contribution in [0.15, 0.2) is 23.1 Å². The molecule has 98 valence electrons. The second-order valence-corrected chi connectivity index (χ2v) is 6.47. The second kappa shape index (κ2) is 5.55. The Balaban J connectivity index is 1.87. The van der Waals surface area contributed by atoms with E-state index in [2.05, 4.69) is 22.9 Å². The molecule has 18 heavy (non-hydrogen) atoms. The highest BCUT2D eigenvalue weighted by Gasteiger charge is 2.30. The van der Waals surface area contributed by atoms with Crippen LogP contribution in [0.2, 0.25) is 0 Å². The Bertz CT molecular complexity index is 435. The third kappa shape index (κ3) is 2.27. The lowest BCUT2D eigenvalue weighted by Crippen LogP contribution is -2.42. The van der Waals surface area contributed by atoms with Crippen molar-refractivity contribution in [2.45, 2.75) is 56.9 Å². The van der Waals surface area contributed by atoms with Crippen LogP contribution >= 0.6 is 11.3 Å². The topological polar surface area (TPSA) is 38.0 Å². The van der Waals surface area contributed by atoms with Crippen molar-refractivity contribution in [1.29, 1.82) is 0 Å². The first kappa shape index (κ1) is 12.4. The third-order valence-corrected chi connectivity index (χ3v) is 5.40. The molecule has 0 bridgehead atoms. The van der Waals surface area contributed by atoms with Gasteiger partial charge in [-0.15, -0.1) is 11.3 Å². The average molecular weight is 262 g/mol. The maximum absolute atomic E-state index is 5.87. The first-order valence-electron chi connectivity index (χ1n) is 7.11. The highest BCUT2D eigenvalue weighted by atomic mass is 32.1. The van der Waals surface area contributed by atoms with E-state index in [0.29, 0.717) is 12.0 Å². The molecule has 0 saturated carbocycles. The Hall–Kier alpha value is -0.640. The van der Waals surface area contributed by atoms with Gasteiger partial charge in [-0.05, 0) is 62.0 Å². The monoisotopic (exact) mass is 262 g/mol. The van der Waals surface area contributed by atoms with Gasteiger partial charge in [-0.2, -0.15) is 0 Å². The summed E-state index contributed by atoms with van der Waals surface area (Å²) >= 11 is 1.92. The zero-order chi connectivity index (χ0) is 12.4. The fraction of sp³-hybridized carbons (Fsp3) is 0.600. The van der Waals surface area contributed by atoms with Crippen molar-refractivity contribution in [1.82, 2.24) is 5.43 Å². The van der Waals surface area contributed by atoms with Gasteiger partial charge in [0.15, 0.2) is 0 Å². The Morgan fingerprint density at radius 3 is 3.00 bits per heavy atom. The normalized spacial score (nSPS) is 25.4. The fourth-order valence-electron chi connectivity index (χ4n) is 3.50. The van der Waals surface area contributed by atoms with Crippen LogP contribution in [0.5, 0.6) is 0 Å². The molecule has 1 heterocycles. The SMILES string of the molecule is NNC(C1=CCCCC1)C1CCCc2sccc21. The van der Waals surface area contributed by atoms with Crippen molar-refractivity contribution >= 4 is 11.3 Å². The van der Waals surface area contributed by atoms with E-state index in [1.165, 1.54) is 44.9 Å². The van der Waals surface area contributed by atoms with Gasteiger partial charge in [0.05, 0.1) is 0 Å². The minimum atomic E-state index is 0.360. The lowest BCUT2D eigenvalue weighted by Gasteiger charge is -2.33. The highest BCUT2D eigenvalue weighted by molar-refractivity contribution is 7.10. The first-order chi connectivity index (χ1) is 8.90. The molecule has 0 radical (unpaired) electrons. The number of allylic oxidation sites excluding steroid dienone is 1. The van der Waals surface area contributed by atoms with Gasteiger partial charge in [0, 0.05) is 16.8 Å². The summed E-state index contributed by atoms with van der Waals surface area (Å²) in [5.74, 6) is 6.46. The average Bonchev–Trinajstić information content (AvgIpc) is 2.90. The van der Waals surface area contributed by atoms with Gasteiger partial charge in [0.1, 0.15) is 0 Å². The Kier molecular flexibility index (Phi) is 3.83. The number of thiophene rings is 1. The Morgan fingerprint density at radius 2 is 2.22 bits per heavy atom. The lowest BCUT2D eigenvalue weighted by atomic mass is 9.78. The molecule has 0 amide bonds. The van der Waals surface area contributed by atoms with Crippen LogP contribution in [-0.4, -0.2) is 6.04 Å².